The van der Waals surface area contributed by atoms with E-state index in [1.807, 2.05) is 38.1 Å². The number of terminal acetylenes is 1. The van der Waals surface area contributed by atoms with Gasteiger partial charge in [0, 0.05) is 39.8 Å². The zero-order valence-corrected chi connectivity index (χ0v) is 22.0. The number of hydrogen-bond acceptors (Lipinski definition) is 6. The van der Waals surface area contributed by atoms with E-state index in [-0.39, 0.29) is 23.1 Å². The Labute approximate surface area is 223 Å². The Morgan fingerprint density at radius 3 is 2.67 bits per heavy atom. The molecule has 10 heteroatoms. The molecule has 5 aromatic rings. The summed E-state index contributed by atoms with van der Waals surface area (Å²) >= 11 is 0. The van der Waals surface area contributed by atoms with Crippen LogP contribution in [0.1, 0.15) is 38.3 Å². The lowest BCUT2D eigenvalue weighted by Crippen LogP contribution is -2.12. The first-order valence-corrected chi connectivity index (χ1v) is 13.8. The zero-order valence-electron chi connectivity index (χ0n) is 21.2. The Balaban J connectivity index is 1.67. The number of ether oxygens (including phenoxy) is 1. The van der Waals surface area contributed by atoms with Gasteiger partial charge in [0.15, 0.2) is 11.2 Å². The van der Waals surface area contributed by atoms with Gasteiger partial charge in [-0.05, 0) is 49.1 Å². The predicted octanol–water partition coefficient (Wildman–Crippen LogP) is 5.64. The summed E-state index contributed by atoms with van der Waals surface area (Å²) in [6.07, 6.45) is 10.1. The largest absolute Gasteiger partial charge is 0.493 e. The van der Waals surface area contributed by atoms with Gasteiger partial charge < -0.3 is 18.5 Å². The minimum absolute atomic E-state index is 0.142. The number of hydrogen-bond donors (Lipinski definition) is 1. The maximum atomic E-state index is 14.0. The van der Waals surface area contributed by atoms with Crippen LogP contribution in [0.15, 0.2) is 53.6 Å². The summed E-state index contributed by atoms with van der Waals surface area (Å²) in [4.78, 5) is 21.5. The topological polar surface area (TPSA) is 103 Å². The van der Waals surface area contributed by atoms with Crippen LogP contribution in [0.3, 0.4) is 0 Å². The van der Waals surface area contributed by atoms with Crippen molar-refractivity contribution in [2.24, 2.45) is 5.92 Å². The minimum Gasteiger partial charge on any atom is -0.493 e. The van der Waals surface area contributed by atoms with E-state index in [2.05, 4.69) is 24.6 Å². The van der Waals surface area contributed by atoms with E-state index in [1.54, 1.807) is 6.07 Å². The molecule has 0 saturated heterocycles. The van der Waals surface area contributed by atoms with Crippen molar-refractivity contribution >= 4 is 43.3 Å². The van der Waals surface area contributed by atoms with Gasteiger partial charge in [0.1, 0.15) is 11.4 Å². The number of pyridine rings is 2. The molecule has 39 heavy (non-hydrogen) atoms. The fraction of sp³-hybridized carbons (Fsp3) is 0.241. The third kappa shape index (κ3) is 4.59. The van der Waals surface area contributed by atoms with Crippen molar-refractivity contribution in [1.29, 1.82) is 0 Å². The molecule has 0 radical (unpaired) electrons. The fourth-order valence-electron chi connectivity index (χ4n) is 4.93. The van der Waals surface area contributed by atoms with Crippen LogP contribution in [0.25, 0.3) is 44.0 Å². The van der Waals surface area contributed by atoms with Gasteiger partial charge in [-0.3, -0.25) is 9.78 Å². The summed E-state index contributed by atoms with van der Waals surface area (Å²) < 4.78 is 48.1. The van der Waals surface area contributed by atoms with E-state index in [0.29, 0.717) is 51.0 Å². The Kier molecular flexibility index (Phi) is 5.84. The molecule has 0 spiro atoms. The van der Waals surface area contributed by atoms with Crippen molar-refractivity contribution in [1.82, 2.24) is 14.5 Å². The van der Waals surface area contributed by atoms with Crippen LogP contribution in [-0.2, 0) is 10.5 Å². The van der Waals surface area contributed by atoms with Crippen molar-refractivity contribution in [3.63, 3.8) is 0 Å². The van der Waals surface area contributed by atoms with Crippen molar-refractivity contribution in [2.75, 3.05) is 6.61 Å². The lowest BCUT2D eigenvalue weighted by atomic mass is 10.0. The van der Waals surface area contributed by atoms with E-state index < -0.39 is 10.5 Å². The maximum Gasteiger partial charge on any atom is 0.488 e. The molecule has 1 aliphatic carbocycles. The average Bonchev–Trinajstić information content (AvgIpc) is 3.65. The van der Waals surface area contributed by atoms with Crippen LogP contribution in [-0.4, -0.2) is 29.6 Å². The van der Waals surface area contributed by atoms with E-state index in [9.17, 15) is 17.1 Å². The van der Waals surface area contributed by atoms with E-state index in [0.717, 1.165) is 29.9 Å². The van der Waals surface area contributed by atoms with Gasteiger partial charge in [-0.25, -0.2) is 0 Å². The molecule has 3 heterocycles. The summed E-state index contributed by atoms with van der Waals surface area (Å²) in [6.45, 7) is 4.38. The molecule has 1 fully saturated rings. The molecule has 1 saturated carbocycles. The highest BCUT2D eigenvalue weighted by Crippen LogP contribution is 2.43. The van der Waals surface area contributed by atoms with Crippen LogP contribution in [0.4, 0.5) is 3.89 Å². The highest BCUT2D eigenvalue weighted by molar-refractivity contribution is 7.81. The number of nitrogens with one attached hydrogen (secondary N) is 1. The van der Waals surface area contributed by atoms with Crippen molar-refractivity contribution < 1.29 is 21.2 Å². The number of halogens is 1. The molecular weight excluding hydrogens is 521 g/mol. The normalized spacial score (nSPS) is 13.8. The number of aromatic amines is 1. The first-order valence-electron chi connectivity index (χ1n) is 12.5. The monoisotopic (exact) mass is 545 g/mol. The number of H-pyrrole nitrogens is 1. The molecule has 0 bridgehead atoms. The molecule has 0 unspecified atom stereocenters. The third-order valence-electron chi connectivity index (χ3n) is 6.72. The maximum absolute atomic E-state index is 14.0. The molecule has 1 aliphatic rings. The lowest BCUT2D eigenvalue weighted by Gasteiger charge is -2.18. The number of rotatable bonds is 7. The third-order valence-corrected chi connectivity index (χ3v) is 7.11. The van der Waals surface area contributed by atoms with Gasteiger partial charge in [-0.15, -0.1) is 6.42 Å². The lowest BCUT2D eigenvalue weighted by molar-refractivity contribution is 0.272. The standard InChI is InChI=1S/C29H24FN3O5S/c1-4-17-5-8-21-24(9-17)32-29-27(21)28(34)23-12-26(37-15-16(2)3)22(11-25(23)33(29)19-6-7-19)18-10-20(14-31-13-18)38-39(30,35)36/h1,5,8-14,16,19,32H,6-7,15H2,2-3H3. The van der Waals surface area contributed by atoms with E-state index >= 15 is 0 Å². The molecule has 3 aromatic heterocycles. The number of fused-ring (bicyclic) bond motifs is 4. The quantitative estimate of drug-likeness (QED) is 0.210. The molecule has 1 N–H and O–H groups in total. The highest BCUT2D eigenvalue weighted by atomic mass is 32.3. The molecule has 8 nitrogen and oxygen atoms in total. The molecule has 198 valence electrons. The van der Waals surface area contributed by atoms with E-state index in [1.165, 1.54) is 12.3 Å². The SMILES string of the molecule is C#Cc1ccc2c(c1)[nH]c1c2c(=O)c2cc(OCC(C)C)c(-c3cncc(OS(=O)(=O)F)c3)cc2n1C1CC1. The molecule has 6 rings (SSSR count). The van der Waals surface area contributed by atoms with Gasteiger partial charge in [-0.2, -0.15) is 8.42 Å². The molecule has 2 aromatic carbocycles. The Morgan fingerprint density at radius 1 is 1.18 bits per heavy atom. The summed E-state index contributed by atoms with van der Waals surface area (Å²) in [7, 11) is -5.23. The minimum atomic E-state index is -5.23. The highest BCUT2D eigenvalue weighted by Gasteiger charge is 2.29. The zero-order chi connectivity index (χ0) is 27.5. The summed E-state index contributed by atoms with van der Waals surface area (Å²) in [5, 5.41) is 1.87. The molecule has 0 amide bonds. The number of aromatic nitrogens is 3. The van der Waals surface area contributed by atoms with Crippen LogP contribution in [0.5, 0.6) is 11.5 Å². The summed E-state index contributed by atoms with van der Waals surface area (Å²) in [6, 6.07) is 10.7. The average molecular weight is 546 g/mol. The smallest absolute Gasteiger partial charge is 0.488 e. The Morgan fingerprint density at radius 2 is 1.97 bits per heavy atom. The molecular formula is C29H24FN3O5S. The number of benzene rings is 2. The van der Waals surface area contributed by atoms with E-state index in [4.69, 9.17) is 11.2 Å². The van der Waals surface area contributed by atoms with Crippen LogP contribution in [0.2, 0.25) is 0 Å². The predicted molar refractivity (Wildman–Crippen MR) is 148 cm³/mol. The van der Waals surface area contributed by atoms with Gasteiger partial charge in [0.05, 0.1) is 29.1 Å². The van der Waals surface area contributed by atoms with Crippen molar-refractivity contribution in [2.45, 2.75) is 32.7 Å². The second-order valence-corrected chi connectivity index (χ2v) is 11.1. The van der Waals surface area contributed by atoms with Crippen molar-refractivity contribution in [3.05, 3.63) is 64.6 Å². The second kappa shape index (κ2) is 9.13. The first-order chi connectivity index (χ1) is 18.6. The van der Waals surface area contributed by atoms with Crippen LogP contribution in [0, 0.1) is 18.3 Å². The Hall–Kier alpha value is -4.36. The van der Waals surface area contributed by atoms with Gasteiger partial charge in [-0.1, -0.05) is 29.7 Å². The Bertz CT molecular complexity index is 2000. The number of nitrogens with zero attached hydrogens (tertiary/aromatic N) is 2. The van der Waals surface area contributed by atoms with Crippen LogP contribution < -0.4 is 14.3 Å². The summed E-state index contributed by atoms with van der Waals surface area (Å²) in [5.74, 6) is 2.98. The fourth-order valence-corrected chi connectivity index (χ4v) is 5.25. The molecule has 0 atom stereocenters. The van der Waals surface area contributed by atoms with Crippen LogP contribution >= 0.6 is 0 Å². The molecule has 0 aliphatic heterocycles. The summed E-state index contributed by atoms with van der Waals surface area (Å²) in [5.41, 5.74) is 3.75. The second-order valence-electron chi connectivity index (χ2n) is 10.1. The first kappa shape index (κ1) is 24.9. The van der Waals surface area contributed by atoms with Gasteiger partial charge >= 0.3 is 10.5 Å². The van der Waals surface area contributed by atoms with Crippen molar-refractivity contribution in [3.8, 4) is 35.0 Å². The van der Waals surface area contributed by atoms with Gasteiger partial charge in [0.2, 0.25) is 0 Å². The van der Waals surface area contributed by atoms with Gasteiger partial charge in [0.25, 0.3) is 0 Å².